The van der Waals surface area contributed by atoms with E-state index in [1.807, 2.05) is 6.92 Å². The van der Waals surface area contributed by atoms with Crippen molar-refractivity contribution in [3.63, 3.8) is 0 Å². The zero-order valence-corrected chi connectivity index (χ0v) is 18.3. The number of ether oxygens (including phenoxy) is 3. The van der Waals surface area contributed by atoms with E-state index >= 15 is 0 Å². The fraction of sp³-hybridized carbons (Fsp3) is 0.500. The number of amides is 1. The SMILES string of the molecule is CC1(NC(=O)O[C@H]2CO[C@@H](c3cc(Nc4nccc5nc(COC(F)(F)F)cn45)n[nH]3)[C@H]2F)CC1. The Balaban J connectivity index is 1.24. The van der Waals surface area contributed by atoms with Gasteiger partial charge in [-0.25, -0.2) is 19.2 Å². The number of halogens is 4. The van der Waals surface area contributed by atoms with Crippen molar-refractivity contribution in [2.24, 2.45) is 0 Å². The van der Waals surface area contributed by atoms with E-state index in [0.29, 0.717) is 11.3 Å². The lowest BCUT2D eigenvalue weighted by molar-refractivity contribution is -0.330. The van der Waals surface area contributed by atoms with E-state index in [9.17, 15) is 22.4 Å². The maximum atomic E-state index is 14.9. The molecule has 1 aliphatic heterocycles. The van der Waals surface area contributed by atoms with Gasteiger partial charge in [-0.2, -0.15) is 5.10 Å². The van der Waals surface area contributed by atoms with Gasteiger partial charge in [0.25, 0.3) is 0 Å². The Kier molecular flexibility index (Phi) is 5.75. The molecule has 2 aliphatic rings. The molecule has 15 heteroatoms. The second-order valence-corrected chi connectivity index (χ2v) is 8.62. The highest BCUT2D eigenvalue weighted by atomic mass is 19.4. The molecule has 188 valence electrons. The minimum Gasteiger partial charge on any atom is -0.441 e. The van der Waals surface area contributed by atoms with E-state index in [2.05, 4.69) is 35.5 Å². The van der Waals surface area contributed by atoms with E-state index in [1.165, 1.54) is 28.9 Å². The highest BCUT2D eigenvalue weighted by Crippen LogP contribution is 2.36. The Morgan fingerprint density at radius 2 is 2.20 bits per heavy atom. The van der Waals surface area contributed by atoms with Crippen molar-refractivity contribution in [2.45, 2.75) is 56.7 Å². The summed E-state index contributed by atoms with van der Waals surface area (Å²) in [5.74, 6) is 0.461. The van der Waals surface area contributed by atoms with Crippen LogP contribution in [0.4, 0.5) is 34.1 Å². The summed E-state index contributed by atoms with van der Waals surface area (Å²) in [6, 6.07) is 3.01. The van der Waals surface area contributed by atoms with Crippen LogP contribution < -0.4 is 10.6 Å². The summed E-state index contributed by atoms with van der Waals surface area (Å²) in [4.78, 5) is 20.2. The third kappa shape index (κ3) is 5.30. The number of H-pyrrole nitrogens is 1. The molecular formula is C20H21F4N7O4. The van der Waals surface area contributed by atoms with E-state index in [1.54, 1.807) is 0 Å². The molecule has 1 saturated carbocycles. The number of aromatic amines is 1. The first-order valence-corrected chi connectivity index (χ1v) is 10.7. The highest BCUT2D eigenvalue weighted by Gasteiger charge is 2.44. The van der Waals surface area contributed by atoms with Crippen LogP contribution in [0.1, 0.15) is 37.3 Å². The molecule has 3 N–H and O–H groups in total. The second-order valence-electron chi connectivity index (χ2n) is 8.62. The van der Waals surface area contributed by atoms with Gasteiger partial charge in [-0.05, 0) is 25.8 Å². The Morgan fingerprint density at radius 1 is 1.40 bits per heavy atom. The first kappa shape index (κ1) is 23.3. The van der Waals surface area contributed by atoms with Crippen molar-refractivity contribution in [2.75, 3.05) is 11.9 Å². The van der Waals surface area contributed by atoms with Crippen molar-refractivity contribution in [1.82, 2.24) is 29.9 Å². The Morgan fingerprint density at radius 3 is 2.94 bits per heavy atom. The normalized spacial score (nSPS) is 23.4. The summed E-state index contributed by atoms with van der Waals surface area (Å²) < 4.78 is 67.8. The number of hydrogen-bond acceptors (Lipinski definition) is 8. The molecule has 1 aliphatic carbocycles. The van der Waals surface area contributed by atoms with Crippen LogP contribution in [0.3, 0.4) is 0 Å². The summed E-state index contributed by atoms with van der Waals surface area (Å²) in [6.45, 7) is 1.01. The van der Waals surface area contributed by atoms with Gasteiger partial charge in [-0.15, -0.1) is 13.2 Å². The molecule has 0 aromatic carbocycles. The Bertz CT molecular complexity index is 1230. The van der Waals surface area contributed by atoms with Gasteiger partial charge in [0.15, 0.2) is 18.1 Å². The number of rotatable bonds is 7. The summed E-state index contributed by atoms with van der Waals surface area (Å²) in [6.07, 6.45) is -4.73. The maximum Gasteiger partial charge on any atom is 0.522 e. The molecule has 1 saturated heterocycles. The van der Waals surface area contributed by atoms with E-state index in [4.69, 9.17) is 9.47 Å². The largest absolute Gasteiger partial charge is 0.522 e. The molecule has 2 fully saturated rings. The lowest BCUT2D eigenvalue weighted by Gasteiger charge is -2.17. The predicted octanol–water partition coefficient (Wildman–Crippen LogP) is 3.29. The van der Waals surface area contributed by atoms with Gasteiger partial charge >= 0.3 is 12.5 Å². The molecule has 3 aromatic rings. The van der Waals surface area contributed by atoms with E-state index in [0.717, 1.165) is 12.8 Å². The number of fused-ring (bicyclic) bond motifs is 1. The molecule has 3 atom stereocenters. The van der Waals surface area contributed by atoms with Crippen LogP contribution in [0.2, 0.25) is 0 Å². The third-order valence-corrected chi connectivity index (χ3v) is 5.71. The van der Waals surface area contributed by atoms with Gasteiger partial charge in [0.05, 0.1) is 24.6 Å². The molecule has 1 amide bonds. The monoisotopic (exact) mass is 499 g/mol. The van der Waals surface area contributed by atoms with Crippen LogP contribution in [0.15, 0.2) is 24.5 Å². The lowest BCUT2D eigenvalue weighted by atomic mass is 10.1. The number of aromatic nitrogens is 5. The highest BCUT2D eigenvalue weighted by molar-refractivity contribution is 5.69. The van der Waals surface area contributed by atoms with Crippen molar-refractivity contribution >= 4 is 23.5 Å². The van der Waals surface area contributed by atoms with Gasteiger partial charge in [-0.3, -0.25) is 14.2 Å². The van der Waals surface area contributed by atoms with Crippen molar-refractivity contribution in [3.8, 4) is 0 Å². The topological polar surface area (TPSA) is 128 Å². The van der Waals surface area contributed by atoms with Gasteiger partial charge in [0.2, 0.25) is 5.95 Å². The predicted molar refractivity (Wildman–Crippen MR) is 110 cm³/mol. The third-order valence-electron chi connectivity index (χ3n) is 5.71. The number of alkyl carbamates (subject to hydrolysis) is 1. The Labute approximate surface area is 195 Å². The number of anilines is 2. The van der Waals surface area contributed by atoms with Crippen LogP contribution in [-0.4, -0.2) is 61.4 Å². The van der Waals surface area contributed by atoms with Gasteiger partial charge in [0.1, 0.15) is 11.8 Å². The summed E-state index contributed by atoms with van der Waals surface area (Å²) in [7, 11) is 0. The first-order chi connectivity index (χ1) is 16.6. The molecule has 0 radical (unpaired) electrons. The number of carbonyl (C=O) groups excluding carboxylic acids is 1. The fourth-order valence-electron chi connectivity index (χ4n) is 3.61. The summed E-state index contributed by atoms with van der Waals surface area (Å²) in [5, 5.41) is 12.3. The van der Waals surface area contributed by atoms with Crippen molar-refractivity contribution < 1.29 is 36.6 Å². The van der Waals surface area contributed by atoms with Crippen LogP contribution >= 0.6 is 0 Å². The average Bonchev–Trinajstić information content (AvgIpc) is 3.14. The molecule has 0 spiro atoms. The molecule has 0 unspecified atom stereocenters. The molecule has 3 aromatic heterocycles. The minimum absolute atomic E-state index is 0.0477. The standard InChI is InChI=1S/C20H21F4N7O4/c1-19(3-4-19)28-18(32)35-12-9-33-16(15(12)21)11-6-13(30-29-11)27-17-25-5-2-14-26-10(7-31(14)17)8-34-20(22,23)24/h2,5-7,12,15-16H,3-4,8-9H2,1H3,(H,28,32)(H2,25,27,29,30)/t12-,15-,16-/m0/s1. The second kappa shape index (κ2) is 8.64. The molecule has 0 bridgehead atoms. The van der Waals surface area contributed by atoms with E-state index < -0.39 is 37.4 Å². The number of imidazole rings is 1. The van der Waals surface area contributed by atoms with Gasteiger partial charge < -0.3 is 20.1 Å². The smallest absolute Gasteiger partial charge is 0.441 e. The van der Waals surface area contributed by atoms with E-state index in [-0.39, 0.29) is 29.6 Å². The molecule has 35 heavy (non-hydrogen) atoms. The summed E-state index contributed by atoms with van der Waals surface area (Å²) >= 11 is 0. The number of alkyl halides is 4. The number of hydrogen-bond donors (Lipinski definition) is 3. The van der Waals surface area contributed by atoms with Gasteiger partial charge in [-0.1, -0.05) is 0 Å². The molecular weight excluding hydrogens is 478 g/mol. The van der Waals surface area contributed by atoms with Crippen LogP contribution in [0.5, 0.6) is 0 Å². The zero-order chi connectivity index (χ0) is 24.8. The summed E-state index contributed by atoms with van der Waals surface area (Å²) in [5.41, 5.74) is 0.397. The minimum atomic E-state index is -4.78. The molecule has 5 rings (SSSR count). The zero-order valence-electron chi connectivity index (χ0n) is 18.3. The van der Waals surface area contributed by atoms with Crippen molar-refractivity contribution in [3.05, 3.63) is 35.9 Å². The molecule has 11 nitrogen and oxygen atoms in total. The first-order valence-electron chi connectivity index (χ1n) is 10.7. The van der Waals surface area contributed by atoms with Crippen LogP contribution in [-0.2, 0) is 20.8 Å². The van der Waals surface area contributed by atoms with Crippen LogP contribution in [0, 0.1) is 0 Å². The Hall–Kier alpha value is -3.46. The average molecular weight is 499 g/mol. The fourth-order valence-corrected chi connectivity index (χ4v) is 3.61. The lowest BCUT2D eigenvalue weighted by Crippen LogP contribution is -2.39. The molecule has 4 heterocycles. The number of nitrogens with zero attached hydrogens (tertiary/aromatic N) is 4. The van der Waals surface area contributed by atoms with Gasteiger partial charge in [0, 0.05) is 24.0 Å². The van der Waals surface area contributed by atoms with Crippen LogP contribution in [0.25, 0.3) is 5.65 Å². The quantitative estimate of drug-likeness (QED) is 0.423. The number of nitrogens with one attached hydrogen (secondary N) is 3. The number of carbonyl (C=O) groups is 1. The maximum absolute atomic E-state index is 14.9. The van der Waals surface area contributed by atoms with Crippen molar-refractivity contribution in [1.29, 1.82) is 0 Å².